The highest BCUT2D eigenvalue weighted by Crippen LogP contribution is 2.03. The van der Waals surface area contributed by atoms with Gasteiger partial charge in [-0.2, -0.15) is 0 Å². The summed E-state index contributed by atoms with van der Waals surface area (Å²) in [4.78, 5) is 4.13. The molecule has 2 rings (SSSR count). The van der Waals surface area contributed by atoms with Crippen LogP contribution >= 0.6 is 0 Å². The van der Waals surface area contributed by atoms with Crippen LogP contribution in [0.4, 0.5) is 0 Å². The van der Waals surface area contributed by atoms with Crippen molar-refractivity contribution in [1.29, 1.82) is 0 Å². The van der Waals surface area contributed by atoms with Gasteiger partial charge < -0.3 is 10.3 Å². The number of hydrogen-bond acceptors (Lipinski definition) is 4. The highest BCUT2D eigenvalue weighted by molar-refractivity contribution is 5.00. The number of imidazole rings is 1. The van der Waals surface area contributed by atoms with E-state index in [1.165, 1.54) is 0 Å². The monoisotopic (exact) mass is 234 g/mol. The molecule has 0 aliphatic heterocycles. The first-order valence-corrected chi connectivity index (χ1v) is 5.91. The zero-order valence-corrected chi connectivity index (χ0v) is 10.1. The molecular weight excluding hydrogens is 216 g/mol. The van der Waals surface area contributed by atoms with E-state index in [-0.39, 0.29) is 0 Å². The van der Waals surface area contributed by atoms with Crippen LogP contribution in [0.1, 0.15) is 24.7 Å². The standard InChI is InChI=1S/C11H18N6/c1-2-16-9-13-6-11(16)8-17-7-10(14-15-17)4-3-5-12/h6-7,9H,2-5,8,12H2,1H3. The van der Waals surface area contributed by atoms with E-state index in [0.717, 1.165) is 30.8 Å². The van der Waals surface area contributed by atoms with Crippen LogP contribution in [-0.2, 0) is 19.5 Å². The lowest BCUT2D eigenvalue weighted by Gasteiger charge is -2.03. The quantitative estimate of drug-likeness (QED) is 0.786. The predicted octanol–water partition coefficient (Wildman–Crippen LogP) is 0.434. The van der Waals surface area contributed by atoms with Crippen molar-refractivity contribution in [3.63, 3.8) is 0 Å². The van der Waals surface area contributed by atoms with Crippen LogP contribution in [0.2, 0.25) is 0 Å². The Labute approximate surface area is 100 Å². The van der Waals surface area contributed by atoms with Gasteiger partial charge in [0.25, 0.3) is 0 Å². The SMILES string of the molecule is CCn1cncc1Cn1cc(CCCN)nn1. The zero-order valence-electron chi connectivity index (χ0n) is 10.1. The van der Waals surface area contributed by atoms with Gasteiger partial charge in [-0.3, -0.25) is 0 Å². The maximum Gasteiger partial charge on any atom is 0.0948 e. The van der Waals surface area contributed by atoms with Gasteiger partial charge in [-0.1, -0.05) is 5.21 Å². The first-order valence-electron chi connectivity index (χ1n) is 5.91. The van der Waals surface area contributed by atoms with Crippen LogP contribution in [0.25, 0.3) is 0 Å². The lowest BCUT2D eigenvalue weighted by molar-refractivity contribution is 0.602. The molecule has 0 fully saturated rings. The Hall–Kier alpha value is -1.69. The average Bonchev–Trinajstić information content (AvgIpc) is 2.96. The molecule has 0 atom stereocenters. The summed E-state index contributed by atoms with van der Waals surface area (Å²) >= 11 is 0. The minimum atomic E-state index is 0.690. The van der Waals surface area contributed by atoms with Gasteiger partial charge >= 0.3 is 0 Å². The van der Waals surface area contributed by atoms with E-state index in [2.05, 4.69) is 26.8 Å². The molecule has 2 aromatic heterocycles. The molecule has 0 aliphatic carbocycles. The number of hydrogen-bond donors (Lipinski definition) is 1. The van der Waals surface area contributed by atoms with E-state index in [1.807, 2.05) is 23.4 Å². The van der Waals surface area contributed by atoms with Gasteiger partial charge in [0.1, 0.15) is 0 Å². The molecule has 0 saturated carbocycles. The second-order valence-electron chi connectivity index (χ2n) is 3.97. The van der Waals surface area contributed by atoms with E-state index < -0.39 is 0 Å². The van der Waals surface area contributed by atoms with Crippen molar-refractivity contribution in [2.24, 2.45) is 5.73 Å². The van der Waals surface area contributed by atoms with Gasteiger partial charge in [0.05, 0.1) is 30.5 Å². The Balaban J connectivity index is 2.01. The van der Waals surface area contributed by atoms with Gasteiger partial charge in [-0.25, -0.2) is 9.67 Å². The summed E-state index contributed by atoms with van der Waals surface area (Å²) in [5.74, 6) is 0. The third-order valence-corrected chi connectivity index (χ3v) is 2.69. The Morgan fingerprint density at radius 2 is 2.29 bits per heavy atom. The zero-order chi connectivity index (χ0) is 12.1. The van der Waals surface area contributed by atoms with Crippen LogP contribution in [0, 0.1) is 0 Å². The molecule has 0 aliphatic rings. The van der Waals surface area contributed by atoms with Gasteiger partial charge in [0, 0.05) is 12.7 Å². The summed E-state index contributed by atoms with van der Waals surface area (Å²) in [5.41, 5.74) is 7.60. The molecule has 17 heavy (non-hydrogen) atoms. The summed E-state index contributed by atoms with van der Waals surface area (Å²) in [5, 5.41) is 8.22. The molecule has 0 spiro atoms. The molecule has 6 heteroatoms. The number of nitrogens with two attached hydrogens (primary N) is 1. The highest BCUT2D eigenvalue weighted by Gasteiger charge is 2.04. The van der Waals surface area contributed by atoms with E-state index in [1.54, 1.807) is 0 Å². The minimum Gasteiger partial charge on any atom is -0.333 e. The van der Waals surface area contributed by atoms with Crippen molar-refractivity contribution >= 4 is 0 Å². The molecule has 2 heterocycles. The molecule has 0 unspecified atom stereocenters. The number of rotatable bonds is 6. The van der Waals surface area contributed by atoms with Crippen molar-refractivity contribution in [3.8, 4) is 0 Å². The normalized spacial score (nSPS) is 10.9. The van der Waals surface area contributed by atoms with E-state index in [4.69, 9.17) is 5.73 Å². The van der Waals surface area contributed by atoms with Crippen molar-refractivity contribution in [2.45, 2.75) is 32.9 Å². The van der Waals surface area contributed by atoms with Crippen LogP contribution in [0.3, 0.4) is 0 Å². The van der Waals surface area contributed by atoms with Crippen LogP contribution in [0.5, 0.6) is 0 Å². The Morgan fingerprint density at radius 3 is 3.06 bits per heavy atom. The van der Waals surface area contributed by atoms with E-state index in [0.29, 0.717) is 13.1 Å². The molecule has 0 radical (unpaired) electrons. The number of aromatic nitrogens is 5. The van der Waals surface area contributed by atoms with Gasteiger partial charge in [-0.15, -0.1) is 5.10 Å². The lowest BCUT2D eigenvalue weighted by Crippen LogP contribution is -2.06. The molecule has 0 amide bonds. The fourth-order valence-corrected chi connectivity index (χ4v) is 1.74. The summed E-state index contributed by atoms with van der Waals surface area (Å²) in [6, 6.07) is 0. The molecule has 92 valence electrons. The minimum absolute atomic E-state index is 0.690. The molecular formula is C11H18N6. The summed E-state index contributed by atoms with van der Waals surface area (Å²) in [6.45, 7) is 4.42. The summed E-state index contributed by atoms with van der Waals surface area (Å²) < 4.78 is 3.94. The van der Waals surface area contributed by atoms with Crippen LogP contribution in [-0.4, -0.2) is 31.1 Å². The van der Waals surface area contributed by atoms with Crippen molar-refractivity contribution in [1.82, 2.24) is 24.5 Å². The highest BCUT2D eigenvalue weighted by atomic mass is 15.4. The second kappa shape index (κ2) is 5.58. The van der Waals surface area contributed by atoms with Gasteiger partial charge in [0.15, 0.2) is 0 Å². The first kappa shape index (κ1) is 11.8. The van der Waals surface area contributed by atoms with Gasteiger partial charge in [0.2, 0.25) is 0 Å². The molecule has 2 N–H and O–H groups in total. The Bertz CT molecular complexity index is 458. The maximum absolute atomic E-state index is 5.46. The Kier molecular flexibility index (Phi) is 3.87. The fourth-order valence-electron chi connectivity index (χ4n) is 1.74. The van der Waals surface area contributed by atoms with Crippen molar-refractivity contribution < 1.29 is 0 Å². The molecule has 0 aromatic carbocycles. The van der Waals surface area contributed by atoms with Crippen molar-refractivity contribution in [2.75, 3.05) is 6.54 Å². The third kappa shape index (κ3) is 2.91. The summed E-state index contributed by atoms with van der Waals surface area (Å²) in [6.07, 6.45) is 7.52. The maximum atomic E-state index is 5.46. The smallest absolute Gasteiger partial charge is 0.0948 e. The largest absolute Gasteiger partial charge is 0.333 e. The predicted molar refractivity (Wildman–Crippen MR) is 64.4 cm³/mol. The van der Waals surface area contributed by atoms with E-state index in [9.17, 15) is 0 Å². The lowest BCUT2D eigenvalue weighted by atomic mass is 10.2. The second-order valence-corrected chi connectivity index (χ2v) is 3.97. The topological polar surface area (TPSA) is 74.5 Å². The molecule has 0 saturated heterocycles. The first-order chi connectivity index (χ1) is 8.33. The molecule has 0 bridgehead atoms. The van der Waals surface area contributed by atoms with Gasteiger partial charge in [-0.05, 0) is 26.3 Å². The fraction of sp³-hybridized carbons (Fsp3) is 0.545. The third-order valence-electron chi connectivity index (χ3n) is 2.69. The Morgan fingerprint density at radius 1 is 1.41 bits per heavy atom. The number of aryl methyl sites for hydroxylation is 2. The number of nitrogens with zero attached hydrogens (tertiary/aromatic N) is 5. The van der Waals surface area contributed by atoms with Crippen LogP contribution in [0.15, 0.2) is 18.7 Å². The van der Waals surface area contributed by atoms with E-state index >= 15 is 0 Å². The molecule has 6 nitrogen and oxygen atoms in total. The van der Waals surface area contributed by atoms with Crippen LogP contribution < -0.4 is 5.73 Å². The average molecular weight is 234 g/mol. The summed E-state index contributed by atoms with van der Waals surface area (Å²) in [7, 11) is 0. The molecule has 2 aromatic rings. The van der Waals surface area contributed by atoms with Crippen molar-refractivity contribution in [3.05, 3.63) is 30.1 Å².